The molecule has 68 valence electrons. The molecular weight excluding hydrogens is 166 g/mol. The molecule has 0 aromatic carbocycles. The van der Waals surface area contributed by atoms with Gasteiger partial charge < -0.3 is 9.73 Å². The fourth-order valence-electron chi connectivity index (χ4n) is 0.877. The summed E-state index contributed by atoms with van der Waals surface area (Å²) in [5, 5.41) is 2.64. The standard InChI is InChI=1S/C10H11NO2/c1-3-4-5-11-10(12)9-6-8(2)13-7-9/h6-7H,5H2,1-2H3,(H,11,12). The molecule has 0 radical (unpaired) electrons. The van der Waals surface area contributed by atoms with Gasteiger partial charge in [-0.1, -0.05) is 5.92 Å². The lowest BCUT2D eigenvalue weighted by atomic mass is 10.3. The molecule has 1 rings (SSSR count). The van der Waals surface area contributed by atoms with Gasteiger partial charge in [0.15, 0.2) is 0 Å². The summed E-state index contributed by atoms with van der Waals surface area (Å²) in [5.41, 5.74) is 0.537. The van der Waals surface area contributed by atoms with E-state index in [0.717, 1.165) is 5.76 Å². The van der Waals surface area contributed by atoms with E-state index in [1.54, 1.807) is 19.9 Å². The largest absolute Gasteiger partial charge is 0.469 e. The van der Waals surface area contributed by atoms with Crippen molar-refractivity contribution in [2.45, 2.75) is 13.8 Å². The summed E-state index contributed by atoms with van der Waals surface area (Å²) in [6, 6.07) is 1.69. The number of amides is 1. The molecule has 0 aliphatic rings. The average Bonchev–Trinajstić information content (AvgIpc) is 2.52. The Balaban J connectivity index is 2.52. The summed E-state index contributed by atoms with van der Waals surface area (Å²) in [6.45, 7) is 3.90. The third-order valence-corrected chi connectivity index (χ3v) is 1.51. The van der Waals surface area contributed by atoms with Crippen LogP contribution in [0.1, 0.15) is 23.0 Å². The first-order chi connectivity index (χ1) is 6.24. The molecule has 0 bridgehead atoms. The minimum Gasteiger partial charge on any atom is -0.469 e. The van der Waals surface area contributed by atoms with Crippen LogP contribution in [0.4, 0.5) is 0 Å². The van der Waals surface area contributed by atoms with Crippen LogP contribution in [0, 0.1) is 18.8 Å². The van der Waals surface area contributed by atoms with Crippen molar-refractivity contribution in [3.63, 3.8) is 0 Å². The van der Waals surface area contributed by atoms with Gasteiger partial charge in [-0.25, -0.2) is 0 Å². The van der Waals surface area contributed by atoms with Gasteiger partial charge in [0.05, 0.1) is 12.1 Å². The van der Waals surface area contributed by atoms with Crippen LogP contribution >= 0.6 is 0 Å². The highest BCUT2D eigenvalue weighted by atomic mass is 16.3. The maximum absolute atomic E-state index is 11.3. The Kier molecular flexibility index (Phi) is 3.15. The smallest absolute Gasteiger partial charge is 0.255 e. The normalized spacial score (nSPS) is 8.77. The Bertz CT molecular complexity index is 354. The summed E-state index contributed by atoms with van der Waals surface area (Å²) in [5.74, 6) is 6.01. The molecule has 0 saturated carbocycles. The van der Waals surface area contributed by atoms with Gasteiger partial charge in [0.1, 0.15) is 12.0 Å². The van der Waals surface area contributed by atoms with Gasteiger partial charge in [-0.2, -0.15) is 0 Å². The first kappa shape index (κ1) is 9.40. The predicted molar refractivity (Wildman–Crippen MR) is 49.2 cm³/mol. The van der Waals surface area contributed by atoms with E-state index in [2.05, 4.69) is 17.2 Å². The Hall–Kier alpha value is -1.69. The number of rotatable bonds is 2. The van der Waals surface area contributed by atoms with E-state index in [1.807, 2.05) is 0 Å². The molecule has 13 heavy (non-hydrogen) atoms. The van der Waals surface area contributed by atoms with Crippen molar-refractivity contribution in [3.8, 4) is 11.8 Å². The highest BCUT2D eigenvalue weighted by Gasteiger charge is 2.06. The number of nitrogens with one attached hydrogen (secondary N) is 1. The minimum atomic E-state index is -0.153. The maximum atomic E-state index is 11.3. The first-order valence-electron chi connectivity index (χ1n) is 3.97. The predicted octanol–water partition coefficient (Wildman–Crippen LogP) is 1.34. The number of carbonyl (C=O) groups is 1. The highest BCUT2D eigenvalue weighted by molar-refractivity contribution is 5.94. The molecule has 1 amide bonds. The zero-order valence-corrected chi connectivity index (χ0v) is 7.68. The van der Waals surface area contributed by atoms with Crippen molar-refractivity contribution in [3.05, 3.63) is 23.7 Å². The van der Waals surface area contributed by atoms with E-state index >= 15 is 0 Å². The van der Waals surface area contributed by atoms with E-state index in [0.29, 0.717) is 12.1 Å². The summed E-state index contributed by atoms with van der Waals surface area (Å²) in [6.07, 6.45) is 1.43. The van der Waals surface area contributed by atoms with Crippen LogP contribution in [-0.2, 0) is 0 Å². The molecule has 3 nitrogen and oxygen atoms in total. The molecule has 0 atom stereocenters. The Morgan fingerprint density at radius 3 is 3.00 bits per heavy atom. The van der Waals surface area contributed by atoms with Crippen LogP contribution in [-0.4, -0.2) is 12.5 Å². The minimum absolute atomic E-state index is 0.153. The second-order valence-electron chi connectivity index (χ2n) is 2.56. The van der Waals surface area contributed by atoms with Crippen molar-refractivity contribution in [2.24, 2.45) is 0 Å². The van der Waals surface area contributed by atoms with Gasteiger partial charge in [-0.05, 0) is 19.9 Å². The molecule has 0 saturated heterocycles. The van der Waals surface area contributed by atoms with Crippen LogP contribution in [0.5, 0.6) is 0 Å². The van der Waals surface area contributed by atoms with Crippen LogP contribution in [0.3, 0.4) is 0 Å². The summed E-state index contributed by atoms with van der Waals surface area (Å²) in [7, 11) is 0. The van der Waals surface area contributed by atoms with Gasteiger partial charge in [-0.15, -0.1) is 5.92 Å². The van der Waals surface area contributed by atoms with Crippen molar-refractivity contribution >= 4 is 5.91 Å². The molecule has 3 heteroatoms. The van der Waals surface area contributed by atoms with E-state index < -0.39 is 0 Å². The molecule has 1 N–H and O–H groups in total. The molecule has 1 aromatic heterocycles. The van der Waals surface area contributed by atoms with Gasteiger partial charge >= 0.3 is 0 Å². The molecule has 1 heterocycles. The van der Waals surface area contributed by atoms with Crippen LogP contribution in [0.15, 0.2) is 16.7 Å². The second-order valence-corrected chi connectivity index (χ2v) is 2.56. The van der Waals surface area contributed by atoms with Crippen molar-refractivity contribution < 1.29 is 9.21 Å². The van der Waals surface area contributed by atoms with Gasteiger partial charge in [0.2, 0.25) is 0 Å². The van der Waals surface area contributed by atoms with E-state index in [9.17, 15) is 4.79 Å². The van der Waals surface area contributed by atoms with E-state index in [1.165, 1.54) is 6.26 Å². The van der Waals surface area contributed by atoms with Crippen LogP contribution in [0.2, 0.25) is 0 Å². The Labute approximate surface area is 77.1 Å². The third kappa shape index (κ3) is 2.68. The van der Waals surface area contributed by atoms with Gasteiger partial charge in [-0.3, -0.25) is 4.79 Å². The molecule has 0 aliphatic heterocycles. The fourth-order valence-corrected chi connectivity index (χ4v) is 0.877. The lowest BCUT2D eigenvalue weighted by Gasteiger charge is -1.95. The van der Waals surface area contributed by atoms with Crippen LogP contribution in [0.25, 0.3) is 0 Å². The van der Waals surface area contributed by atoms with Crippen molar-refractivity contribution in [1.82, 2.24) is 5.32 Å². The number of furan rings is 1. The number of hydrogen-bond donors (Lipinski definition) is 1. The summed E-state index contributed by atoms with van der Waals surface area (Å²) < 4.78 is 5.00. The maximum Gasteiger partial charge on any atom is 0.255 e. The van der Waals surface area contributed by atoms with E-state index in [-0.39, 0.29) is 5.91 Å². The SMILES string of the molecule is CC#CCNC(=O)c1coc(C)c1. The van der Waals surface area contributed by atoms with Crippen molar-refractivity contribution in [2.75, 3.05) is 6.54 Å². The monoisotopic (exact) mass is 177 g/mol. The summed E-state index contributed by atoms with van der Waals surface area (Å²) >= 11 is 0. The molecule has 0 aliphatic carbocycles. The van der Waals surface area contributed by atoms with Crippen LogP contribution < -0.4 is 5.32 Å². The Morgan fingerprint density at radius 1 is 1.69 bits per heavy atom. The summed E-state index contributed by atoms with van der Waals surface area (Å²) in [4.78, 5) is 11.3. The van der Waals surface area contributed by atoms with Gasteiger partial charge in [0.25, 0.3) is 5.91 Å². The number of carbonyl (C=O) groups excluding carboxylic acids is 1. The molecule has 1 aromatic rings. The third-order valence-electron chi connectivity index (χ3n) is 1.51. The lowest BCUT2D eigenvalue weighted by Crippen LogP contribution is -2.22. The lowest BCUT2D eigenvalue weighted by molar-refractivity contribution is 0.0958. The molecule has 0 spiro atoms. The average molecular weight is 177 g/mol. The van der Waals surface area contributed by atoms with E-state index in [4.69, 9.17) is 4.42 Å². The molecule has 0 fully saturated rings. The van der Waals surface area contributed by atoms with Gasteiger partial charge in [0, 0.05) is 0 Å². The Morgan fingerprint density at radius 2 is 2.46 bits per heavy atom. The number of hydrogen-bond acceptors (Lipinski definition) is 2. The highest BCUT2D eigenvalue weighted by Crippen LogP contribution is 2.05. The second kappa shape index (κ2) is 4.36. The van der Waals surface area contributed by atoms with Crippen molar-refractivity contribution in [1.29, 1.82) is 0 Å². The zero-order valence-electron chi connectivity index (χ0n) is 7.68. The zero-order chi connectivity index (χ0) is 9.68. The molecule has 0 unspecified atom stereocenters. The number of aryl methyl sites for hydroxylation is 1. The first-order valence-corrected chi connectivity index (χ1v) is 3.97. The molecular formula is C10H11NO2. The quantitative estimate of drug-likeness (QED) is 0.693. The fraction of sp³-hybridized carbons (Fsp3) is 0.300. The topological polar surface area (TPSA) is 42.2 Å².